The summed E-state index contributed by atoms with van der Waals surface area (Å²) in [5.41, 5.74) is 5.77. The molecular formula is C9H15F2N3. The third kappa shape index (κ3) is 2.51. The van der Waals surface area contributed by atoms with E-state index in [4.69, 9.17) is 5.73 Å². The molecule has 0 aliphatic carbocycles. The highest BCUT2D eigenvalue weighted by Crippen LogP contribution is 2.19. The van der Waals surface area contributed by atoms with Crippen molar-refractivity contribution < 1.29 is 8.78 Å². The fraction of sp³-hybridized carbons (Fsp3) is 0.667. The Morgan fingerprint density at radius 1 is 1.57 bits per heavy atom. The molecule has 2 N–H and O–H groups in total. The molecule has 1 aromatic heterocycles. The fourth-order valence-electron chi connectivity index (χ4n) is 1.26. The summed E-state index contributed by atoms with van der Waals surface area (Å²) < 4.78 is 27.4. The van der Waals surface area contributed by atoms with Crippen LogP contribution in [0.3, 0.4) is 0 Å². The monoisotopic (exact) mass is 203 g/mol. The minimum absolute atomic E-state index is 0.186. The van der Waals surface area contributed by atoms with Crippen molar-refractivity contribution >= 4 is 0 Å². The van der Waals surface area contributed by atoms with E-state index in [2.05, 4.69) is 4.98 Å². The maximum Gasteiger partial charge on any atom is 0.277 e. The number of halogens is 2. The molecule has 0 unspecified atom stereocenters. The zero-order valence-electron chi connectivity index (χ0n) is 8.37. The van der Waals surface area contributed by atoms with Gasteiger partial charge in [0.15, 0.2) is 0 Å². The van der Waals surface area contributed by atoms with Crippen molar-refractivity contribution in [2.75, 3.05) is 6.54 Å². The summed E-state index contributed by atoms with van der Waals surface area (Å²) in [6.45, 7) is 2.85. The molecule has 0 spiro atoms. The number of nitrogens with two attached hydrogens (primary N) is 1. The van der Waals surface area contributed by atoms with Crippen molar-refractivity contribution in [2.24, 2.45) is 5.73 Å². The molecule has 1 heterocycles. The summed E-state index contributed by atoms with van der Waals surface area (Å²) in [6, 6.07) is 0. The van der Waals surface area contributed by atoms with Crippen molar-refractivity contribution in [3.8, 4) is 0 Å². The molecule has 1 rings (SSSR count). The molecule has 0 radical (unpaired) electrons. The van der Waals surface area contributed by atoms with Crippen LogP contribution in [0.5, 0.6) is 0 Å². The Morgan fingerprint density at radius 3 is 2.71 bits per heavy atom. The van der Waals surface area contributed by atoms with Crippen LogP contribution >= 0.6 is 0 Å². The van der Waals surface area contributed by atoms with Gasteiger partial charge in [-0.15, -0.1) is 0 Å². The Labute approximate surface area is 81.9 Å². The molecule has 0 aliphatic heterocycles. The second kappa shape index (κ2) is 4.04. The van der Waals surface area contributed by atoms with Crippen molar-refractivity contribution in [1.29, 1.82) is 0 Å². The van der Waals surface area contributed by atoms with Crippen LogP contribution in [0.4, 0.5) is 8.78 Å². The van der Waals surface area contributed by atoms with Crippen LogP contribution in [0.25, 0.3) is 0 Å². The van der Waals surface area contributed by atoms with Gasteiger partial charge in [0, 0.05) is 11.9 Å². The summed E-state index contributed by atoms with van der Waals surface area (Å²) in [4.78, 5) is 3.85. The lowest BCUT2D eigenvalue weighted by molar-refractivity contribution is -0.00741. The van der Waals surface area contributed by atoms with E-state index in [9.17, 15) is 8.78 Å². The first-order valence-corrected chi connectivity index (χ1v) is 4.54. The van der Waals surface area contributed by atoms with E-state index >= 15 is 0 Å². The van der Waals surface area contributed by atoms with E-state index in [1.807, 2.05) is 13.8 Å². The second-order valence-corrected chi connectivity index (χ2v) is 3.66. The van der Waals surface area contributed by atoms with Crippen LogP contribution in [0.2, 0.25) is 0 Å². The third-order valence-corrected chi connectivity index (χ3v) is 2.04. The van der Waals surface area contributed by atoms with Crippen molar-refractivity contribution in [2.45, 2.75) is 32.2 Å². The van der Waals surface area contributed by atoms with E-state index in [-0.39, 0.29) is 5.92 Å². The molecular weight excluding hydrogens is 188 g/mol. The van der Waals surface area contributed by atoms with E-state index in [0.717, 1.165) is 5.69 Å². The Bertz CT molecular complexity index is 294. The molecule has 3 nitrogen and oxygen atoms in total. The van der Waals surface area contributed by atoms with E-state index in [0.29, 0.717) is 0 Å². The fourth-order valence-corrected chi connectivity index (χ4v) is 1.26. The number of hydrogen-bond acceptors (Lipinski definition) is 2. The molecule has 0 atom stereocenters. The lowest BCUT2D eigenvalue weighted by atomic mass is 10.1. The molecule has 0 saturated heterocycles. The summed E-state index contributed by atoms with van der Waals surface area (Å²) in [7, 11) is 0. The molecule has 14 heavy (non-hydrogen) atoms. The number of aromatic nitrogens is 2. The molecule has 80 valence electrons. The predicted molar refractivity (Wildman–Crippen MR) is 50.3 cm³/mol. The highest BCUT2D eigenvalue weighted by molar-refractivity contribution is 5.04. The number of imidazole rings is 1. The van der Waals surface area contributed by atoms with Gasteiger partial charge in [0.1, 0.15) is 0 Å². The third-order valence-electron chi connectivity index (χ3n) is 2.04. The maximum absolute atomic E-state index is 13.0. The van der Waals surface area contributed by atoms with Crippen molar-refractivity contribution in [3.05, 3.63) is 18.2 Å². The average molecular weight is 203 g/mol. The molecule has 5 heteroatoms. The van der Waals surface area contributed by atoms with Crippen LogP contribution < -0.4 is 5.73 Å². The summed E-state index contributed by atoms with van der Waals surface area (Å²) in [6.07, 6.45) is 3.02. The molecule has 0 amide bonds. The minimum Gasteiger partial charge on any atom is -0.328 e. The largest absolute Gasteiger partial charge is 0.328 e. The maximum atomic E-state index is 13.0. The van der Waals surface area contributed by atoms with Crippen molar-refractivity contribution in [1.82, 2.24) is 9.55 Å². The Morgan fingerprint density at radius 2 is 2.21 bits per heavy atom. The van der Waals surface area contributed by atoms with Gasteiger partial charge >= 0.3 is 0 Å². The van der Waals surface area contributed by atoms with Gasteiger partial charge in [-0.25, -0.2) is 13.8 Å². The van der Waals surface area contributed by atoms with E-state index in [1.165, 1.54) is 10.9 Å². The Kier molecular flexibility index (Phi) is 3.21. The standard InChI is InChI=1S/C9H15F2N3/c1-7(2)8-3-13-6-14(8)5-9(10,11)4-12/h3,6-7H,4-5,12H2,1-2H3. The smallest absolute Gasteiger partial charge is 0.277 e. The van der Waals surface area contributed by atoms with Crippen LogP contribution in [0.15, 0.2) is 12.5 Å². The van der Waals surface area contributed by atoms with Gasteiger partial charge < -0.3 is 10.3 Å². The number of alkyl halides is 2. The number of rotatable bonds is 4. The second-order valence-electron chi connectivity index (χ2n) is 3.66. The van der Waals surface area contributed by atoms with Crippen molar-refractivity contribution in [3.63, 3.8) is 0 Å². The van der Waals surface area contributed by atoms with Gasteiger partial charge in [-0.3, -0.25) is 0 Å². The minimum atomic E-state index is -2.86. The number of nitrogens with zero attached hydrogens (tertiary/aromatic N) is 2. The SMILES string of the molecule is CC(C)c1cncn1CC(F)(F)CN. The van der Waals surface area contributed by atoms with E-state index < -0.39 is 19.0 Å². The Hall–Kier alpha value is -0.970. The van der Waals surface area contributed by atoms with Crippen LogP contribution in [-0.4, -0.2) is 22.0 Å². The normalized spacial score (nSPS) is 12.4. The molecule has 0 aromatic carbocycles. The molecule has 0 fully saturated rings. The van der Waals surface area contributed by atoms with Crippen LogP contribution in [-0.2, 0) is 6.54 Å². The average Bonchev–Trinajstić information content (AvgIpc) is 2.51. The first kappa shape index (κ1) is 11.1. The highest BCUT2D eigenvalue weighted by atomic mass is 19.3. The Balaban J connectivity index is 2.81. The van der Waals surface area contributed by atoms with Gasteiger partial charge in [-0.1, -0.05) is 13.8 Å². The summed E-state index contributed by atoms with van der Waals surface area (Å²) in [5, 5.41) is 0. The lowest BCUT2D eigenvalue weighted by Gasteiger charge is -2.17. The first-order valence-electron chi connectivity index (χ1n) is 4.54. The zero-order chi connectivity index (χ0) is 10.8. The topological polar surface area (TPSA) is 43.8 Å². The highest BCUT2D eigenvalue weighted by Gasteiger charge is 2.28. The molecule has 0 aliphatic rings. The summed E-state index contributed by atoms with van der Waals surface area (Å²) >= 11 is 0. The van der Waals surface area contributed by atoms with Gasteiger partial charge in [-0.2, -0.15) is 0 Å². The van der Waals surface area contributed by atoms with Gasteiger partial charge in [0.2, 0.25) is 0 Å². The van der Waals surface area contributed by atoms with Gasteiger partial charge in [0.25, 0.3) is 5.92 Å². The van der Waals surface area contributed by atoms with Gasteiger partial charge in [-0.05, 0) is 5.92 Å². The first-order chi connectivity index (χ1) is 6.46. The van der Waals surface area contributed by atoms with Crippen LogP contribution in [0, 0.1) is 0 Å². The molecule has 0 saturated carbocycles. The molecule has 1 aromatic rings. The van der Waals surface area contributed by atoms with E-state index in [1.54, 1.807) is 6.20 Å². The summed E-state index contributed by atoms with van der Waals surface area (Å²) in [5.74, 6) is -2.67. The quantitative estimate of drug-likeness (QED) is 0.807. The predicted octanol–water partition coefficient (Wildman–Crippen LogP) is 1.60. The zero-order valence-corrected chi connectivity index (χ0v) is 8.37. The van der Waals surface area contributed by atoms with Crippen LogP contribution in [0.1, 0.15) is 25.5 Å². The lowest BCUT2D eigenvalue weighted by Crippen LogP contribution is -2.33. The van der Waals surface area contributed by atoms with Gasteiger partial charge in [0.05, 0.1) is 19.4 Å². The number of hydrogen-bond donors (Lipinski definition) is 1. The molecule has 0 bridgehead atoms.